The van der Waals surface area contributed by atoms with Crippen molar-refractivity contribution < 1.29 is 0 Å². The van der Waals surface area contributed by atoms with Gasteiger partial charge in [0.15, 0.2) is 0 Å². The normalized spacial score (nSPS) is 25.3. The molecule has 0 N–H and O–H groups in total. The van der Waals surface area contributed by atoms with E-state index in [-0.39, 0.29) is 5.41 Å². The summed E-state index contributed by atoms with van der Waals surface area (Å²) in [5.41, 5.74) is 3.07. The molecule has 154 valence electrons. The highest BCUT2D eigenvalue weighted by Gasteiger charge is 2.45. The summed E-state index contributed by atoms with van der Waals surface area (Å²) in [4.78, 5) is 0. The van der Waals surface area contributed by atoms with Gasteiger partial charge in [-0.3, -0.25) is 0 Å². The molecule has 1 fully saturated rings. The quantitative estimate of drug-likeness (QED) is 0.409. The molecular weight excluding hydrogens is 324 g/mol. The number of hydrogen-bond donors (Lipinski definition) is 0. The maximum absolute atomic E-state index is 3.95. The van der Waals surface area contributed by atoms with Crippen LogP contribution in [0.5, 0.6) is 0 Å². The van der Waals surface area contributed by atoms with Gasteiger partial charge >= 0.3 is 0 Å². The van der Waals surface area contributed by atoms with E-state index in [4.69, 9.17) is 0 Å². The lowest BCUT2D eigenvalue weighted by Crippen LogP contribution is -2.39. The molecule has 0 radical (unpaired) electrons. The van der Waals surface area contributed by atoms with Crippen LogP contribution in [0.15, 0.2) is 72.9 Å². The first-order valence-electron chi connectivity index (χ1n) is 10.8. The van der Waals surface area contributed by atoms with Crippen LogP contribution in [-0.2, 0) is 0 Å². The SMILES string of the molecule is C=C/C=C(\C=C/C)C1(C(/C=C\C)=C/C=C)CC(C)CC(C)(C)C1.CC.CC. The van der Waals surface area contributed by atoms with Gasteiger partial charge in [-0.1, -0.05) is 110 Å². The van der Waals surface area contributed by atoms with Crippen molar-refractivity contribution in [1.82, 2.24) is 0 Å². The van der Waals surface area contributed by atoms with Crippen molar-refractivity contribution >= 4 is 0 Å². The fourth-order valence-electron chi connectivity index (χ4n) is 4.54. The van der Waals surface area contributed by atoms with Gasteiger partial charge in [0.05, 0.1) is 0 Å². The maximum atomic E-state index is 3.95. The van der Waals surface area contributed by atoms with Crippen LogP contribution in [0, 0.1) is 16.7 Å². The highest BCUT2D eigenvalue weighted by atomic mass is 14.5. The highest BCUT2D eigenvalue weighted by Crippen LogP contribution is 2.56. The van der Waals surface area contributed by atoms with Crippen molar-refractivity contribution in [1.29, 1.82) is 0 Å². The van der Waals surface area contributed by atoms with E-state index in [0.29, 0.717) is 11.3 Å². The molecule has 0 aromatic heterocycles. The minimum absolute atomic E-state index is 0.0303. The summed E-state index contributed by atoms with van der Waals surface area (Å²) >= 11 is 0. The standard InChI is InChI=1S/C23H34.2C2H6/c1-8-12-20(13-9-2)23(21(14-10-3)15-11-4)17-19(5)16-22(6,7)18-23;2*1-2/h8-15,19H,1,3,16-18H2,2,4-7H3;2*1-2H3/b13-9-,15-11-,20-12+,21-14+;;. The maximum Gasteiger partial charge on any atom is 0.0210 e. The molecule has 0 nitrogen and oxygen atoms in total. The molecule has 0 aliphatic heterocycles. The van der Waals surface area contributed by atoms with Gasteiger partial charge in [0.2, 0.25) is 0 Å². The summed E-state index contributed by atoms with van der Waals surface area (Å²) in [5.74, 6) is 0.690. The van der Waals surface area contributed by atoms with Crippen LogP contribution in [0.25, 0.3) is 0 Å². The summed E-state index contributed by atoms with van der Waals surface area (Å²) in [6.07, 6.45) is 20.6. The lowest BCUT2D eigenvalue weighted by molar-refractivity contribution is 0.103. The molecule has 0 bridgehead atoms. The van der Waals surface area contributed by atoms with Crippen molar-refractivity contribution in [2.24, 2.45) is 16.7 Å². The molecule has 1 unspecified atom stereocenters. The molecular formula is C27H46. The van der Waals surface area contributed by atoms with E-state index in [1.807, 2.05) is 39.8 Å². The Labute approximate surface area is 171 Å². The minimum Gasteiger partial charge on any atom is -0.0991 e. The topological polar surface area (TPSA) is 0 Å². The van der Waals surface area contributed by atoms with Gasteiger partial charge in [-0.25, -0.2) is 0 Å². The monoisotopic (exact) mass is 370 g/mol. The second kappa shape index (κ2) is 14.5. The first kappa shape index (κ1) is 27.7. The van der Waals surface area contributed by atoms with Crippen LogP contribution in [0.1, 0.15) is 81.6 Å². The first-order valence-corrected chi connectivity index (χ1v) is 10.8. The van der Waals surface area contributed by atoms with Crippen molar-refractivity contribution in [2.75, 3.05) is 0 Å². The van der Waals surface area contributed by atoms with Gasteiger partial charge in [0, 0.05) is 5.41 Å². The predicted molar refractivity (Wildman–Crippen MR) is 128 cm³/mol. The van der Waals surface area contributed by atoms with Gasteiger partial charge in [-0.05, 0) is 55.6 Å². The molecule has 0 amide bonds. The third-order valence-corrected chi connectivity index (χ3v) is 4.77. The average Bonchev–Trinajstić information content (AvgIpc) is 2.63. The predicted octanol–water partition coefficient (Wildman–Crippen LogP) is 9.25. The Bertz CT molecular complexity index is 500. The fraction of sp³-hybridized carbons (Fsp3) is 0.556. The summed E-state index contributed by atoms with van der Waals surface area (Å²) in [6, 6.07) is 0. The van der Waals surface area contributed by atoms with E-state index in [1.54, 1.807) is 0 Å². The van der Waals surface area contributed by atoms with Gasteiger partial charge in [0.25, 0.3) is 0 Å². The minimum atomic E-state index is 0.0303. The molecule has 1 rings (SSSR count). The van der Waals surface area contributed by atoms with Crippen LogP contribution in [0.4, 0.5) is 0 Å². The fourth-order valence-corrected chi connectivity index (χ4v) is 4.54. The molecule has 0 heteroatoms. The summed E-state index contributed by atoms with van der Waals surface area (Å²) < 4.78 is 0. The third-order valence-electron chi connectivity index (χ3n) is 4.77. The van der Waals surface area contributed by atoms with Crippen LogP contribution >= 0.6 is 0 Å². The Balaban J connectivity index is 0. The molecule has 1 aliphatic carbocycles. The van der Waals surface area contributed by atoms with Crippen molar-refractivity contribution in [3.8, 4) is 0 Å². The van der Waals surface area contributed by atoms with Crippen molar-refractivity contribution in [3.05, 3.63) is 72.9 Å². The molecule has 1 saturated carbocycles. The summed E-state index contributed by atoms with van der Waals surface area (Å²) in [5, 5.41) is 0. The molecule has 1 aliphatic rings. The molecule has 0 heterocycles. The Morgan fingerprint density at radius 2 is 1.22 bits per heavy atom. The molecule has 0 aromatic carbocycles. The third kappa shape index (κ3) is 8.33. The number of rotatable bonds is 6. The second-order valence-electron chi connectivity index (χ2n) is 7.65. The van der Waals surface area contributed by atoms with E-state index < -0.39 is 0 Å². The van der Waals surface area contributed by atoms with E-state index in [0.717, 1.165) is 6.42 Å². The van der Waals surface area contributed by atoms with Gasteiger partial charge in [-0.2, -0.15) is 0 Å². The highest BCUT2D eigenvalue weighted by molar-refractivity contribution is 5.45. The van der Waals surface area contributed by atoms with Crippen LogP contribution in [-0.4, -0.2) is 0 Å². The molecule has 0 spiro atoms. The van der Waals surface area contributed by atoms with E-state index in [1.165, 1.54) is 24.0 Å². The Kier molecular flexibility index (Phi) is 14.8. The van der Waals surface area contributed by atoms with Gasteiger partial charge < -0.3 is 0 Å². The van der Waals surface area contributed by atoms with Crippen LogP contribution in [0.2, 0.25) is 0 Å². The zero-order valence-electron chi connectivity index (χ0n) is 19.7. The van der Waals surface area contributed by atoms with E-state index in [9.17, 15) is 0 Å². The van der Waals surface area contributed by atoms with Crippen molar-refractivity contribution in [2.45, 2.75) is 81.6 Å². The van der Waals surface area contributed by atoms with Gasteiger partial charge in [-0.15, -0.1) is 0 Å². The van der Waals surface area contributed by atoms with Crippen molar-refractivity contribution in [3.63, 3.8) is 0 Å². The lowest BCUT2D eigenvalue weighted by atomic mass is 9.54. The lowest BCUT2D eigenvalue weighted by Gasteiger charge is -2.49. The summed E-state index contributed by atoms with van der Waals surface area (Å²) in [6.45, 7) is 27.3. The van der Waals surface area contributed by atoms with Crippen LogP contribution in [0.3, 0.4) is 0 Å². The smallest absolute Gasteiger partial charge is 0.0210 e. The molecule has 0 aromatic rings. The largest absolute Gasteiger partial charge is 0.0991 e. The molecule has 0 saturated heterocycles. The van der Waals surface area contributed by atoms with E-state index in [2.05, 4.69) is 84.2 Å². The van der Waals surface area contributed by atoms with Crippen LogP contribution < -0.4 is 0 Å². The Morgan fingerprint density at radius 1 is 0.815 bits per heavy atom. The second-order valence-corrected chi connectivity index (χ2v) is 7.65. The molecule has 27 heavy (non-hydrogen) atoms. The average molecular weight is 371 g/mol. The number of allylic oxidation sites excluding steroid dienone is 10. The zero-order valence-corrected chi connectivity index (χ0v) is 19.7. The number of hydrogen-bond acceptors (Lipinski definition) is 0. The summed E-state index contributed by atoms with van der Waals surface area (Å²) in [7, 11) is 0. The Hall–Kier alpha value is -1.56. The Morgan fingerprint density at radius 3 is 1.52 bits per heavy atom. The van der Waals surface area contributed by atoms with E-state index >= 15 is 0 Å². The van der Waals surface area contributed by atoms with Gasteiger partial charge in [0.1, 0.15) is 0 Å². The molecule has 1 atom stereocenters. The first-order chi connectivity index (χ1) is 12.8. The zero-order chi connectivity index (χ0) is 21.5.